The molecule has 0 fully saturated rings. The van der Waals surface area contributed by atoms with Gasteiger partial charge in [-0.25, -0.2) is 0 Å². The van der Waals surface area contributed by atoms with Crippen LogP contribution in [-0.4, -0.2) is 24.2 Å². The van der Waals surface area contributed by atoms with E-state index >= 15 is 0 Å². The van der Waals surface area contributed by atoms with Crippen molar-refractivity contribution in [2.24, 2.45) is 0 Å². The maximum Gasteiger partial charge on any atom is 0.132 e. The average molecular weight is 125 g/mol. The molecule has 0 amide bonds. The summed E-state index contributed by atoms with van der Waals surface area (Å²) in [5.74, 6) is 0. The summed E-state index contributed by atoms with van der Waals surface area (Å²) >= 11 is 0. The topological polar surface area (TPSA) is 29.3 Å². The third-order valence-corrected chi connectivity index (χ3v) is 0.907. The molecular weight excluding hydrogens is 116 g/mol. The van der Waals surface area contributed by atoms with E-state index in [1.165, 1.54) is 6.26 Å². The molecule has 1 aromatic heterocycles. The summed E-state index contributed by atoms with van der Waals surface area (Å²) in [5, 5.41) is 3.68. The molecule has 0 aliphatic rings. The molecule has 9 heavy (non-hydrogen) atoms. The normalized spacial score (nSPS) is 10.6. The second-order valence-electron chi connectivity index (χ2n) is 2.14. The summed E-state index contributed by atoms with van der Waals surface area (Å²) in [5.41, 5.74) is 0.847. The minimum Gasteiger partial charge on any atom is -0.364 e. The van der Waals surface area contributed by atoms with Gasteiger partial charge < -0.3 is 9.42 Å². The molecule has 1 heterocycles. The van der Waals surface area contributed by atoms with Crippen molar-refractivity contribution in [1.82, 2.24) is 10.1 Å². The molecule has 0 aromatic carbocycles. The van der Waals surface area contributed by atoms with Crippen LogP contribution in [-0.2, 0) is 6.54 Å². The summed E-state index contributed by atoms with van der Waals surface area (Å²) in [6.45, 7) is 0.788. The van der Waals surface area contributed by atoms with Gasteiger partial charge in [0.1, 0.15) is 12.0 Å². The van der Waals surface area contributed by atoms with Crippen molar-refractivity contribution >= 4 is 0 Å². The Morgan fingerprint density at radius 2 is 2.56 bits per heavy atom. The molecule has 0 aliphatic heterocycles. The molecule has 0 bridgehead atoms. The van der Waals surface area contributed by atoms with Crippen LogP contribution in [0.3, 0.4) is 0 Å². The summed E-state index contributed by atoms with van der Waals surface area (Å²) in [7, 11) is 3.95. The second-order valence-corrected chi connectivity index (χ2v) is 2.14. The van der Waals surface area contributed by atoms with Crippen LogP contribution in [0.1, 0.15) is 5.69 Å². The Balaban J connectivity index is 2.48. The largest absolute Gasteiger partial charge is 0.364 e. The van der Waals surface area contributed by atoms with Gasteiger partial charge in [0.15, 0.2) is 0 Å². The highest BCUT2D eigenvalue weighted by atomic mass is 16.5. The van der Waals surface area contributed by atoms with Gasteiger partial charge in [0.05, 0.1) is 6.07 Å². The average Bonchev–Trinajstić information content (AvgIpc) is 2.15. The van der Waals surface area contributed by atoms with Crippen molar-refractivity contribution in [1.29, 1.82) is 0 Å². The van der Waals surface area contributed by atoms with Crippen LogP contribution in [0, 0.1) is 6.07 Å². The lowest BCUT2D eigenvalue weighted by molar-refractivity contribution is 0.363. The predicted molar refractivity (Wildman–Crippen MR) is 32.7 cm³/mol. The van der Waals surface area contributed by atoms with Crippen LogP contribution in [0.5, 0.6) is 0 Å². The van der Waals surface area contributed by atoms with Gasteiger partial charge in [-0.2, -0.15) is 0 Å². The van der Waals surface area contributed by atoms with Crippen molar-refractivity contribution in [2.75, 3.05) is 14.1 Å². The monoisotopic (exact) mass is 125 g/mol. The van der Waals surface area contributed by atoms with Crippen molar-refractivity contribution < 1.29 is 4.52 Å². The fourth-order valence-electron chi connectivity index (χ4n) is 0.585. The van der Waals surface area contributed by atoms with Gasteiger partial charge in [0, 0.05) is 6.54 Å². The number of nitrogens with zero attached hydrogens (tertiary/aromatic N) is 2. The maximum absolute atomic E-state index is 4.58. The lowest BCUT2D eigenvalue weighted by Gasteiger charge is -2.03. The minimum absolute atomic E-state index is 0.788. The van der Waals surface area contributed by atoms with Crippen LogP contribution in [0.4, 0.5) is 0 Å². The molecule has 0 atom stereocenters. The Kier molecular flexibility index (Phi) is 1.85. The van der Waals surface area contributed by atoms with Gasteiger partial charge >= 0.3 is 0 Å². The molecule has 0 N–H and O–H groups in total. The molecule has 1 rings (SSSR count). The molecule has 49 valence electrons. The van der Waals surface area contributed by atoms with Crippen molar-refractivity contribution in [3.63, 3.8) is 0 Å². The summed E-state index contributed by atoms with van der Waals surface area (Å²) in [6, 6.07) is 2.85. The lowest BCUT2D eigenvalue weighted by atomic mass is 10.4. The van der Waals surface area contributed by atoms with Gasteiger partial charge in [0.25, 0.3) is 0 Å². The summed E-state index contributed by atoms with van der Waals surface area (Å²) < 4.78 is 4.58. The molecule has 3 nitrogen and oxygen atoms in total. The van der Waals surface area contributed by atoms with E-state index in [2.05, 4.69) is 15.7 Å². The maximum atomic E-state index is 4.58. The zero-order chi connectivity index (χ0) is 6.69. The van der Waals surface area contributed by atoms with Crippen LogP contribution in [0.25, 0.3) is 0 Å². The van der Waals surface area contributed by atoms with Gasteiger partial charge in [-0.05, 0) is 14.1 Å². The van der Waals surface area contributed by atoms with Gasteiger partial charge in [-0.1, -0.05) is 5.16 Å². The van der Waals surface area contributed by atoms with Crippen LogP contribution in [0.15, 0.2) is 10.8 Å². The van der Waals surface area contributed by atoms with Crippen LogP contribution >= 0.6 is 0 Å². The van der Waals surface area contributed by atoms with Crippen molar-refractivity contribution in [2.45, 2.75) is 6.54 Å². The van der Waals surface area contributed by atoms with Crippen molar-refractivity contribution in [3.8, 4) is 0 Å². The molecule has 1 radical (unpaired) electrons. The molecule has 0 spiro atoms. The van der Waals surface area contributed by atoms with Crippen LogP contribution < -0.4 is 0 Å². The molecule has 3 heteroatoms. The molecule has 0 aliphatic carbocycles. The highest BCUT2D eigenvalue weighted by Gasteiger charge is 1.96. The van der Waals surface area contributed by atoms with Gasteiger partial charge in [-0.15, -0.1) is 0 Å². The molecular formula is C6H9N2O. The smallest absolute Gasteiger partial charge is 0.132 e. The van der Waals surface area contributed by atoms with E-state index in [4.69, 9.17) is 0 Å². The number of rotatable bonds is 2. The summed E-state index contributed by atoms with van der Waals surface area (Å²) in [4.78, 5) is 2.01. The summed E-state index contributed by atoms with van der Waals surface area (Å²) in [6.07, 6.45) is 1.46. The van der Waals surface area contributed by atoms with E-state index in [1.54, 1.807) is 0 Å². The third-order valence-electron chi connectivity index (χ3n) is 0.907. The molecule has 1 aromatic rings. The third kappa shape index (κ3) is 1.85. The zero-order valence-electron chi connectivity index (χ0n) is 5.59. The zero-order valence-corrected chi connectivity index (χ0v) is 5.59. The van der Waals surface area contributed by atoms with Crippen molar-refractivity contribution in [3.05, 3.63) is 18.0 Å². The second kappa shape index (κ2) is 2.64. The fraction of sp³-hybridized carbons (Fsp3) is 0.500. The highest BCUT2D eigenvalue weighted by Crippen LogP contribution is 1.94. The Morgan fingerprint density at radius 3 is 3.00 bits per heavy atom. The van der Waals surface area contributed by atoms with E-state index < -0.39 is 0 Å². The SMILES string of the molecule is CN(C)Cc1[c]con1. The first-order valence-corrected chi connectivity index (χ1v) is 2.74. The Bertz CT molecular complexity index is 158. The van der Waals surface area contributed by atoms with Crippen LogP contribution in [0.2, 0.25) is 0 Å². The van der Waals surface area contributed by atoms with E-state index in [0.717, 1.165) is 12.2 Å². The first-order chi connectivity index (χ1) is 4.29. The number of hydrogen-bond acceptors (Lipinski definition) is 3. The number of hydrogen-bond donors (Lipinski definition) is 0. The van der Waals surface area contributed by atoms with Gasteiger partial charge in [0.2, 0.25) is 0 Å². The Hall–Kier alpha value is -0.830. The standard InChI is InChI=1S/C6H9N2O/c1-8(2)5-6-3-4-9-7-6/h4H,5H2,1-2H3. The quantitative estimate of drug-likeness (QED) is 0.577. The van der Waals surface area contributed by atoms with Gasteiger partial charge in [-0.3, -0.25) is 0 Å². The van der Waals surface area contributed by atoms with E-state index in [0.29, 0.717) is 0 Å². The lowest BCUT2D eigenvalue weighted by Crippen LogP contribution is -2.10. The van der Waals surface area contributed by atoms with E-state index in [-0.39, 0.29) is 0 Å². The fourth-order valence-corrected chi connectivity index (χ4v) is 0.585. The number of aromatic nitrogens is 1. The Morgan fingerprint density at radius 1 is 1.78 bits per heavy atom. The highest BCUT2D eigenvalue weighted by molar-refractivity contribution is 4.91. The predicted octanol–water partition coefficient (Wildman–Crippen LogP) is 0.536. The van der Waals surface area contributed by atoms with E-state index in [9.17, 15) is 0 Å². The first kappa shape index (κ1) is 6.29. The first-order valence-electron chi connectivity index (χ1n) is 2.74. The Labute approximate surface area is 54.3 Å². The molecule has 0 saturated carbocycles. The van der Waals surface area contributed by atoms with E-state index in [1.807, 2.05) is 19.0 Å². The molecule has 0 unspecified atom stereocenters. The minimum atomic E-state index is 0.788. The molecule has 0 saturated heterocycles.